The lowest BCUT2D eigenvalue weighted by Crippen LogP contribution is -2.45. The molecule has 9 heteroatoms. The van der Waals surface area contributed by atoms with E-state index in [4.69, 9.17) is 19.9 Å². The first-order chi connectivity index (χ1) is 6.69. The zero-order valence-corrected chi connectivity index (χ0v) is 8.46. The molecule has 0 aliphatic heterocycles. The quantitative estimate of drug-likeness (QED) is 0.372. The summed E-state index contributed by atoms with van der Waals surface area (Å²) in [4.78, 5) is 10.2. The molecule has 0 aromatic heterocycles. The summed E-state index contributed by atoms with van der Waals surface area (Å²) in [6.45, 7) is 1.10. The molecule has 8 nitrogen and oxygen atoms in total. The van der Waals surface area contributed by atoms with Gasteiger partial charge in [0.05, 0.1) is 6.10 Å². The molecular formula is C6H11O8S. The fourth-order valence-electron chi connectivity index (χ4n) is 0.742. The molecular weight excluding hydrogens is 232 g/mol. The van der Waals surface area contributed by atoms with Crippen LogP contribution < -0.4 is 0 Å². The molecule has 0 rings (SSSR count). The molecule has 4 N–H and O–H groups in total. The highest BCUT2D eigenvalue weighted by atomic mass is 32.3. The first-order valence-corrected chi connectivity index (χ1v) is 5.13. The molecule has 0 amide bonds. The third-order valence-corrected chi connectivity index (χ3v) is 1.95. The predicted molar refractivity (Wildman–Crippen MR) is 45.8 cm³/mol. The van der Waals surface area contributed by atoms with E-state index in [0.29, 0.717) is 0 Å². The van der Waals surface area contributed by atoms with Crippen molar-refractivity contribution in [1.29, 1.82) is 0 Å². The molecule has 0 aromatic carbocycles. The third-order valence-electron chi connectivity index (χ3n) is 1.50. The van der Waals surface area contributed by atoms with Gasteiger partial charge in [-0.1, -0.05) is 0 Å². The summed E-state index contributed by atoms with van der Waals surface area (Å²) in [5.41, 5.74) is 0. The summed E-state index contributed by atoms with van der Waals surface area (Å²) in [5, 5.41) is 27.0. The van der Waals surface area contributed by atoms with Crippen molar-refractivity contribution in [2.75, 3.05) is 0 Å². The van der Waals surface area contributed by atoms with Gasteiger partial charge in [0.2, 0.25) is 6.29 Å². The monoisotopic (exact) mass is 243 g/mol. The Bertz CT molecular complexity index is 296. The molecule has 0 saturated heterocycles. The fourth-order valence-corrected chi connectivity index (χ4v) is 1.16. The van der Waals surface area contributed by atoms with E-state index in [9.17, 15) is 13.2 Å². The molecule has 0 spiro atoms. The van der Waals surface area contributed by atoms with E-state index in [1.54, 1.807) is 0 Å². The number of aliphatic hydroxyl groups excluding tert-OH is 3. The summed E-state index contributed by atoms with van der Waals surface area (Å²) in [7, 11) is -4.95. The van der Waals surface area contributed by atoms with Gasteiger partial charge >= 0.3 is 10.4 Å². The molecule has 0 fully saturated rings. The van der Waals surface area contributed by atoms with E-state index < -0.39 is 34.8 Å². The van der Waals surface area contributed by atoms with Gasteiger partial charge < -0.3 is 15.3 Å². The molecule has 0 heterocycles. The minimum atomic E-state index is -4.95. The maximum Gasteiger partial charge on any atom is 0.398 e. The van der Waals surface area contributed by atoms with Crippen LogP contribution in [-0.4, -0.2) is 59.0 Å². The van der Waals surface area contributed by atoms with E-state index in [2.05, 4.69) is 4.18 Å². The van der Waals surface area contributed by atoms with Gasteiger partial charge in [0, 0.05) is 0 Å². The minimum Gasteiger partial charge on any atom is -0.391 e. The first kappa shape index (κ1) is 14.4. The van der Waals surface area contributed by atoms with Crippen LogP contribution in [0.25, 0.3) is 0 Å². The Morgan fingerprint density at radius 2 is 1.67 bits per heavy atom. The van der Waals surface area contributed by atoms with Crippen molar-refractivity contribution in [3.63, 3.8) is 0 Å². The highest BCUT2D eigenvalue weighted by molar-refractivity contribution is 7.80. The smallest absolute Gasteiger partial charge is 0.391 e. The maximum atomic E-state index is 10.2. The average molecular weight is 243 g/mol. The predicted octanol–water partition coefficient (Wildman–Crippen LogP) is -2.61. The Morgan fingerprint density at radius 3 is 1.93 bits per heavy atom. The number of aliphatic hydroxyl groups is 3. The van der Waals surface area contributed by atoms with E-state index in [1.165, 1.54) is 0 Å². The van der Waals surface area contributed by atoms with Gasteiger partial charge in [-0.25, -0.2) is 4.18 Å². The van der Waals surface area contributed by atoms with Crippen LogP contribution in [-0.2, 0) is 19.4 Å². The molecule has 0 aromatic rings. The summed E-state index contributed by atoms with van der Waals surface area (Å²) in [6, 6.07) is 0. The normalized spacial score (nSPS) is 20.3. The highest BCUT2D eigenvalue weighted by Crippen LogP contribution is 2.08. The second-order valence-corrected chi connectivity index (χ2v) is 3.83. The van der Waals surface area contributed by atoms with Crippen LogP contribution in [0.15, 0.2) is 0 Å². The van der Waals surface area contributed by atoms with E-state index in [1.807, 2.05) is 0 Å². The molecule has 0 aliphatic carbocycles. The Hall–Kier alpha value is -0.580. The second-order valence-electron chi connectivity index (χ2n) is 2.78. The van der Waals surface area contributed by atoms with E-state index in [0.717, 1.165) is 13.2 Å². The van der Waals surface area contributed by atoms with Crippen molar-refractivity contribution in [2.45, 2.75) is 31.3 Å². The highest BCUT2D eigenvalue weighted by Gasteiger charge is 2.33. The second kappa shape index (κ2) is 5.49. The third kappa shape index (κ3) is 5.16. The molecule has 1 radical (unpaired) electrons. The summed E-state index contributed by atoms with van der Waals surface area (Å²) in [6.07, 6.45) is -6.39. The standard InChI is InChI=1S/C6H11O8S/c1-3(8)5(9)6(10)4(2-7)14-15(11,12)13/h3-6,8-10H,1H3,(H,11,12,13)/t3-,4+,5-,6-/m1/s1. The molecule has 4 atom stereocenters. The Morgan fingerprint density at radius 1 is 1.20 bits per heavy atom. The number of rotatable bonds is 6. The van der Waals surface area contributed by atoms with Crippen molar-refractivity contribution >= 4 is 16.7 Å². The average Bonchev–Trinajstić information content (AvgIpc) is 2.10. The molecule has 15 heavy (non-hydrogen) atoms. The number of carbonyl (C=O) groups excluding carboxylic acids is 1. The summed E-state index contributed by atoms with van der Waals surface area (Å²) < 4.78 is 32.3. The van der Waals surface area contributed by atoms with Crippen molar-refractivity contribution in [2.24, 2.45) is 0 Å². The minimum absolute atomic E-state index is 0.962. The van der Waals surface area contributed by atoms with Gasteiger partial charge in [0.25, 0.3) is 0 Å². The lowest BCUT2D eigenvalue weighted by atomic mass is 10.1. The lowest BCUT2D eigenvalue weighted by Gasteiger charge is -2.22. The van der Waals surface area contributed by atoms with E-state index >= 15 is 0 Å². The molecule has 0 bridgehead atoms. The van der Waals surface area contributed by atoms with Crippen molar-refractivity contribution in [1.82, 2.24) is 0 Å². The maximum absolute atomic E-state index is 10.2. The van der Waals surface area contributed by atoms with Crippen LogP contribution in [0.4, 0.5) is 0 Å². The van der Waals surface area contributed by atoms with Crippen molar-refractivity contribution in [3.8, 4) is 0 Å². The Balaban J connectivity index is 4.61. The zero-order valence-electron chi connectivity index (χ0n) is 7.64. The largest absolute Gasteiger partial charge is 0.398 e. The number of hydrogen-bond donors (Lipinski definition) is 4. The Kier molecular flexibility index (Phi) is 5.28. The van der Waals surface area contributed by atoms with Crippen LogP contribution in [0.5, 0.6) is 0 Å². The van der Waals surface area contributed by atoms with Crippen molar-refractivity contribution in [3.05, 3.63) is 0 Å². The Labute approximate surface area is 86.1 Å². The summed E-state index contributed by atoms with van der Waals surface area (Å²) in [5.74, 6) is 0. The van der Waals surface area contributed by atoms with Gasteiger partial charge in [-0.2, -0.15) is 8.42 Å². The van der Waals surface area contributed by atoms with Gasteiger partial charge in [-0.05, 0) is 6.92 Å². The zero-order chi connectivity index (χ0) is 12.2. The van der Waals surface area contributed by atoms with Gasteiger partial charge in [-0.15, -0.1) is 0 Å². The van der Waals surface area contributed by atoms with Crippen LogP contribution in [0, 0.1) is 0 Å². The summed E-state index contributed by atoms with van der Waals surface area (Å²) >= 11 is 0. The van der Waals surface area contributed by atoms with E-state index in [-0.39, 0.29) is 0 Å². The van der Waals surface area contributed by atoms with Crippen LogP contribution >= 0.6 is 0 Å². The fraction of sp³-hybridized carbons (Fsp3) is 0.833. The SMILES string of the molecule is C[C@@H](O)[C@@H](O)[C@H](O)[C@H]([C]=O)OS(=O)(=O)O. The van der Waals surface area contributed by atoms with Gasteiger partial charge in [-0.3, -0.25) is 9.35 Å². The van der Waals surface area contributed by atoms with Crippen molar-refractivity contribution < 1.29 is 37.3 Å². The molecule has 0 aliphatic rings. The van der Waals surface area contributed by atoms with Crippen LogP contribution in [0.3, 0.4) is 0 Å². The topological polar surface area (TPSA) is 141 Å². The lowest BCUT2D eigenvalue weighted by molar-refractivity contribution is -0.0786. The number of hydrogen-bond acceptors (Lipinski definition) is 7. The van der Waals surface area contributed by atoms with Crippen LogP contribution in [0.2, 0.25) is 0 Å². The molecule has 89 valence electrons. The van der Waals surface area contributed by atoms with Gasteiger partial charge in [0.15, 0.2) is 6.10 Å². The first-order valence-electron chi connectivity index (χ1n) is 3.76. The molecule has 0 saturated carbocycles. The van der Waals surface area contributed by atoms with Gasteiger partial charge in [0.1, 0.15) is 12.2 Å². The molecule has 0 unspecified atom stereocenters. The van der Waals surface area contributed by atoms with Crippen LogP contribution in [0.1, 0.15) is 6.92 Å².